The number of allylic oxidation sites excluding steroid dienone is 1. The van der Waals surface area contributed by atoms with Gasteiger partial charge < -0.3 is 14.5 Å². The molecule has 2 heterocycles. The highest BCUT2D eigenvalue weighted by molar-refractivity contribution is 7.99. The lowest BCUT2D eigenvalue weighted by atomic mass is 10.2. The van der Waals surface area contributed by atoms with Crippen molar-refractivity contribution in [3.63, 3.8) is 0 Å². The lowest BCUT2D eigenvalue weighted by Crippen LogP contribution is -2.33. The van der Waals surface area contributed by atoms with Crippen LogP contribution in [0.25, 0.3) is 0 Å². The molecule has 7 heteroatoms. The van der Waals surface area contributed by atoms with Gasteiger partial charge in [0.2, 0.25) is 5.91 Å². The van der Waals surface area contributed by atoms with Crippen molar-refractivity contribution in [3.8, 4) is 0 Å². The summed E-state index contributed by atoms with van der Waals surface area (Å²) in [7, 11) is 2.02. The van der Waals surface area contributed by atoms with Crippen molar-refractivity contribution in [2.45, 2.75) is 49.8 Å². The van der Waals surface area contributed by atoms with E-state index in [0.29, 0.717) is 24.8 Å². The molecule has 0 aliphatic heterocycles. The Morgan fingerprint density at radius 3 is 2.92 bits per heavy atom. The van der Waals surface area contributed by atoms with Gasteiger partial charge in [-0.3, -0.25) is 4.79 Å². The minimum atomic E-state index is 0.0778. The molecule has 1 aliphatic carbocycles. The Morgan fingerprint density at radius 1 is 1.44 bits per heavy atom. The van der Waals surface area contributed by atoms with E-state index in [1.165, 1.54) is 30.3 Å². The average Bonchev–Trinajstić information content (AvgIpc) is 3.31. The molecule has 1 saturated carbocycles. The number of rotatable bonds is 8. The summed E-state index contributed by atoms with van der Waals surface area (Å²) in [6, 6.07) is 4.45. The van der Waals surface area contributed by atoms with Gasteiger partial charge in [-0.25, -0.2) is 0 Å². The van der Waals surface area contributed by atoms with Gasteiger partial charge in [0.05, 0.1) is 5.75 Å². The molecule has 25 heavy (non-hydrogen) atoms. The second kappa shape index (κ2) is 8.38. The molecule has 0 radical (unpaired) electrons. The molecule has 0 aromatic carbocycles. The van der Waals surface area contributed by atoms with Crippen molar-refractivity contribution < 1.29 is 4.79 Å². The maximum absolute atomic E-state index is 12.1. The first-order chi connectivity index (χ1) is 12.2. The first-order valence-corrected chi connectivity index (χ1v) is 9.71. The summed E-state index contributed by atoms with van der Waals surface area (Å²) in [5.41, 5.74) is 1.17. The molecule has 1 fully saturated rings. The quantitative estimate of drug-likeness (QED) is 0.581. The fraction of sp³-hybridized carbons (Fsp3) is 0.500. The Kier molecular flexibility index (Phi) is 5.96. The summed E-state index contributed by atoms with van der Waals surface area (Å²) in [5.74, 6) is 1.34. The maximum Gasteiger partial charge on any atom is 0.230 e. The third-order valence-corrected chi connectivity index (χ3v) is 5.52. The fourth-order valence-electron chi connectivity index (χ4n) is 3.18. The number of nitrogens with one attached hydrogen (secondary N) is 1. The van der Waals surface area contributed by atoms with Gasteiger partial charge >= 0.3 is 0 Å². The molecule has 0 atom stereocenters. The number of amides is 1. The Hall–Kier alpha value is -2.02. The Bertz CT molecular complexity index is 730. The fourth-order valence-corrected chi connectivity index (χ4v) is 3.96. The number of thioether (sulfide) groups is 1. The molecule has 0 unspecified atom stereocenters. The first kappa shape index (κ1) is 17.8. The first-order valence-electron chi connectivity index (χ1n) is 8.72. The summed E-state index contributed by atoms with van der Waals surface area (Å²) in [5, 5.41) is 12.5. The van der Waals surface area contributed by atoms with Crippen LogP contribution in [0.3, 0.4) is 0 Å². The predicted octanol–water partition coefficient (Wildman–Crippen LogP) is 2.54. The van der Waals surface area contributed by atoms with Crippen molar-refractivity contribution >= 4 is 17.7 Å². The Balaban J connectivity index is 1.63. The van der Waals surface area contributed by atoms with Crippen molar-refractivity contribution in [2.24, 2.45) is 7.05 Å². The summed E-state index contributed by atoms with van der Waals surface area (Å²) >= 11 is 1.44. The van der Waals surface area contributed by atoms with Crippen LogP contribution in [0.1, 0.15) is 37.2 Å². The number of aryl methyl sites for hydroxylation is 1. The smallest absolute Gasteiger partial charge is 0.230 e. The largest absolute Gasteiger partial charge is 0.354 e. The topological polar surface area (TPSA) is 64.7 Å². The second-order valence-electron chi connectivity index (χ2n) is 6.42. The minimum absolute atomic E-state index is 0.0778. The standard InChI is InChI=1S/C18H25N5OS/c1-3-10-23-16(12-15-9-6-11-22(15)2)20-21-18(23)25-13-17(24)19-14-7-4-5-8-14/h3,6,9,11,14H,1,4-5,7-8,10,12-13H2,2H3,(H,19,24). The molecule has 2 aromatic rings. The summed E-state index contributed by atoms with van der Waals surface area (Å²) in [6.07, 6.45) is 9.20. The van der Waals surface area contributed by atoms with E-state index < -0.39 is 0 Å². The zero-order valence-electron chi connectivity index (χ0n) is 14.6. The minimum Gasteiger partial charge on any atom is -0.354 e. The summed E-state index contributed by atoms with van der Waals surface area (Å²) in [4.78, 5) is 12.1. The normalized spacial score (nSPS) is 14.8. The zero-order valence-corrected chi connectivity index (χ0v) is 15.5. The molecule has 0 bridgehead atoms. The number of nitrogens with zero attached hydrogens (tertiary/aromatic N) is 4. The van der Waals surface area contributed by atoms with E-state index in [1.807, 2.05) is 30.0 Å². The lowest BCUT2D eigenvalue weighted by Gasteiger charge is -2.12. The van der Waals surface area contributed by atoms with E-state index in [9.17, 15) is 4.79 Å². The van der Waals surface area contributed by atoms with Gasteiger partial charge in [-0.2, -0.15) is 0 Å². The van der Waals surface area contributed by atoms with Gasteiger partial charge in [0, 0.05) is 37.9 Å². The Labute approximate surface area is 152 Å². The van der Waals surface area contributed by atoms with Gasteiger partial charge in [0.15, 0.2) is 5.16 Å². The molecule has 1 N–H and O–H groups in total. The highest BCUT2D eigenvalue weighted by Crippen LogP contribution is 2.21. The van der Waals surface area contributed by atoms with E-state index in [4.69, 9.17) is 0 Å². The molecule has 134 valence electrons. The van der Waals surface area contributed by atoms with Crippen molar-refractivity contribution in [2.75, 3.05) is 5.75 Å². The molecular formula is C18H25N5OS. The predicted molar refractivity (Wildman–Crippen MR) is 99.6 cm³/mol. The van der Waals surface area contributed by atoms with E-state index in [-0.39, 0.29) is 5.91 Å². The molecule has 6 nitrogen and oxygen atoms in total. The average molecular weight is 359 g/mol. The van der Waals surface area contributed by atoms with Crippen LogP contribution in [0, 0.1) is 0 Å². The van der Waals surface area contributed by atoms with E-state index in [1.54, 1.807) is 0 Å². The lowest BCUT2D eigenvalue weighted by molar-refractivity contribution is -0.119. The van der Waals surface area contributed by atoms with Gasteiger partial charge in [0.25, 0.3) is 0 Å². The highest BCUT2D eigenvalue weighted by atomic mass is 32.2. The van der Waals surface area contributed by atoms with Gasteiger partial charge in [0.1, 0.15) is 5.82 Å². The van der Waals surface area contributed by atoms with Crippen LogP contribution in [0.5, 0.6) is 0 Å². The van der Waals surface area contributed by atoms with Gasteiger partial charge in [-0.1, -0.05) is 30.7 Å². The van der Waals surface area contributed by atoms with E-state index in [0.717, 1.165) is 23.8 Å². The Morgan fingerprint density at radius 2 is 2.24 bits per heavy atom. The van der Waals surface area contributed by atoms with Crippen molar-refractivity contribution in [1.29, 1.82) is 0 Å². The van der Waals surface area contributed by atoms with Crippen LogP contribution in [0.4, 0.5) is 0 Å². The number of carbonyl (C=O) groups is 1. The molecule has 1 aliphatic rings. The highest BCUT2D eigenvalue weighted by Gasteiger charge is 2.19. The molecule has 3 rings (SSSR count). The van der Waals surface area contributed by atoms with Gasteiger partial charge in [-0.15, -0.1) is 16.8 Å². The molecule has 2 aromatic heterocycles. The molecule has 1 amide bonds. The summed E-state index contributed by atoms with van der Waals surface area (Å²) in [6.45, 7) is 4.46. The summed E-state index contributed by atoms with van der Waals surface area (Å²) < 4.78 is 4.11. The van der Waals surface area contributed by atoms with Crippen LogP contribution in [0.2, 0.25) is 0 Å². The van der Waals surface area contributed by atoms with Crippen LogP contribution >= 0.6 is 11.8 Å². The third kappa shape index (κ3) is 4.54. The van der Waals surface area contributed by atoms with Crippen LogP contribution in [-0.2, 0) is 24.8 Å². The second-order valence-corrected chi connectivity index (χ2v) is 7.37. The van der Waals surface area contributed by atoms with Crippen molar-refractivity contribution in [3.05, 3.63) is 42.5 Å². The third-order valence-electron chi connectivity index (χ3n) is 4.55. The number of aromatic nitrogens is 4. The molecule has 0 saturated heterocycles. The van der Waals surface area contributed by atoms with Gasteiger partial charge in [-0.05, 0) is 25.0 Å². The number of carbonyl (C=O) groups excluding carboxylic acids is 1. The van der Waals surface area contributed by atoms with Crippen LogP contribution in [-0.4, -0.2) is 37.0 Å². The maximum atomic E-state index is 12.1. The number of hydrogen-bond acceptors (Lipinski definition) is 4. The monoisotopic (exact) mass is 359 g/mol. The number of hydrogen-bond donors (Lipinski definition) is 1. The van der Waals surface area contributed by atoms with Crippen molar-refractivity contribution in [1.82, 2.24) is 24.6 Å². The molecule has 0 spiro atoms. The van der Waals surface area contributed by atoms with E-state index >= 15 is 0 Å². The van der Waals surface area contributed by atoms with Crippen LogP contribution < -0.4 is 5.32 Å². The zero-order chi connectivity index (χ0) is 17.6. The SMILES string of the molecule is C=CCn1c(Cc2cccn2C)nnc1SCC(=O)NC1CCCC1. The molecular weight excluding hydrogens is 334 g/mol. The van der Waals surface area contributed by atoms with E-state index in [2.05, 4.69) is 32.7 Å². The van der Waals surface area contributed by atoms with Crippen LogP contribution in [0.15, 0.2) is 36.1 Å².